The van der Waals surface area contributed by atoms with Gasteiger partial charge < -0.3 is 15.8 Å². The molecular weight excluding hydrogens is 354 g/mol. The molecule has 1 unspecified atom stereocenters. The molecule has 94 valence electrons. The van der Waals surface area contributed by atoms with Gasteiger partial charge in [-0.25, -0.2) is 0 Å². The van der Waals surface area contributed by atoms with Crippen molar-refractivity contribution in [2.75, 3.05) is 19.0 Å². The van der Waals surface area contributed by atoms with Crippen LogP contribution < -0.4 is 11.1 Å². The van der Waals surface area contributed by atoms with E-state index in [4.69, 9.17) is 22.1 Å². The first-order valence-electron chi connectivity index (χ1n) is 5.05. The second-order valence-corrected chi connectivity index (χ2v) is 5.15. The molecule has 0 radical (unpaired) electrons. The number of anilines is 1. The lowest BCUT2D eigenvalue weighted by atomic mass is 10.2. The van der Waals surface area contributed by atoms with E-state index in [0.29, 0.717) is 23.7 Å². The molecule has 0 aliphatic carbocycles. The Kier molecular flexibility index (Phi) is 6.18. The Labute approximate surface area is 119 Å². The number of hydrogen-bond donors (Lipinski definition) is 2. The summed E-state index contributed by atoms with van der Waals surface area (Å²) in [5, 5.41) is 3.20. The summed E-state index contributed by atoms with van der Waals surface area (Å²) in [5.74, 6) is -0.259. The lowest BCUT2D eigenvalue weighted by Gasteiger charge is -2.12. The first-order valence-corrected chi connectivity index (χ1v) is 6.50. The zero-order valence-electron chi connectivity index (χ0n) is 9.37. The Morgan fingerprint density at radius 3 is 2.94 bits per heavy atom. The van der Waals surface area contributed by atoms with Crippen molar-refractivity contribution in [1.29, 1.82) is 0 Å². The van der Waals surface area contributed by atoms with E-state index >= 15 is 0 Å². The predicted molar refractivity (Wildman–Crippen MR) is 77.3 cm³/mol. The number of nitrogens with one attached hydrogen (secondary N) is 1. The van der Waals surface area contributed by atoms with Crippen molar-refractivity contribution in [1.82, 2.24) is 0 Å². The fourth-order valence-corrected chi connectivity index (χ4v) is 2.10. The first-order chi connectivity index (χ1) is 8.04. The van der Waals surface area contributed by atoms with Gasteiger partial charge in [-0.05, 0) is 47.2 Å². The third-order valence-electron chi connectivity index (χ3n) is 2.16. The fraction of sp³-hybridized carbons (Fsp3) is 0.364. The molecule has 0 spiro atoms. The molecule has 1 atom stereocenters. The van der Waals surface area contributed by atoms with Crippen LogP contribution in [-0.4, -0.2) is 25.7 Å². The largest absolute Gasteiger partial charge is 0.385 e. The molecule has 1 rings (SSSR count). The molecule has 17 heavy (non-hydrogen) atoms. The van der Waals surface area contributed by atoms with E-state index in [-0.39, 0.29) is 5.91 Å². The van der Waals surface area contributed by atoms with Crippen molar-refractivity contribution < 1.29 is 9.53 Å². The minimum absolute atomic E-state index is 0.259. The highest BCUT2D eigenvalue weighted by atomic mass is 127. The Hall–Kier alpha value is -0.370. The molecule has 0 aliphatic heterocycles. The standard InChI is InChI=1S/C11H14ClIN2O2/c1-17-5-4-9(14)11(16)15-10-3-2-7(13)6-8(10)12/h2-3,6,9H,4-5,14H2,1H3,(H,15,16). The molecule has 0 aromatic heterocycles. The molecule has 6 heteroatoms. The summed E-state index contributed by atoms with van der Waals surface area (Å²) in [5.41, 5.74) is 6.27. The number of benzene rings is 1. The number of methoxy groups -OCH3 is 1. The van der Waals surface area contributed by atoms with Gasteiger partial charge in [0, 0.05) is 17.3 Å². The van der Waals surface area contributed by atoms with E-state index < -0.39 is 6.04 Å². The van der Waals surface area contributed by atoms with Gasteiger partial charge in [-0.1, -0.05) is 11.6 Å². The highest BCUT2D eigenvalue weighted by Crippen LogP contribution is 2.23. The number of carbonyl (C=O) groups excluding carboxylic acids is 1. The number of hydrogen-bond acceptors (Lipinski definition) is 3. The predicted octanol–water partition coefficient (Wildman–Crippen LogP) is 2.25. The third kappa shape index (κ3) is 4.79. The minimum Gasteiger partial charge on any atom is -0.385 e. The Morgan fingerprint density at radius 1 is 1.65 bits per heavy atom. The van der Waals surface area contributed by atoms with Gasteiger partial charge in [-0.15, -0.1) is 0 Å². The maximum absolute atomic E-state index is 11.7. The number of halogens is 2. The monoisotopic (exact) mass is 368 g/mol. The van der Waals surface area contributed by atoms with Gasteiger partial charge in [0.15, 0.2) is 0 Å². The number of carbonyl (C=O) groups is 1. The van der Waals surface area contributed by atoms with Crippen LogP contribution in [0.25, 0.3) is 0 Å². The minimum atomic E-state index is -0.592. The maximum atomic E-state index is 11.7. The number of ether oxygens (including phenoxy) is 1. The van der Waals surface area contributed by atoms with Crippen molar-refractivity contribution in [3.63, 3.8) is 0 Å². The summed E-state index contributed by atoms with van der Waals surface area (Å²) in [6.07, 6.45) is 0.477. The summed E-state index contributed by atoms with van der Waals surface area (Å²) >= 11 is 8.15. The lowest BCUT2D eigenvalue weighted by molar-refractivity contribution is -0.117. The molecule has 0 aliphatic rings. The van der Waals surface area contributed by atoms with Crippen LogP contribution in [0.15, 0.2) is 18.2 Å². The van der Waals surface area contributed by atoms with Gasteiger partial charge in [0.1, 0.15) is 0 Å². The molecule has 0 saturated heterocycles. The molecule has 1 aromatic rings. The SMILES string of the molecule is COCCC(N)C(=O)Nc1ccc(I)cc1Cl. The maximum Gasteiger partial charge on any atom is 0.241 e. The average Bonchev–Trinajstić information content (AvgIpc) is 2.29. The molecule has 1 amide bonds. The van der Waals surface area contributed by atoms with Crippen LogP contribution in [0.1, 0.15) is 6.42 Å². The second kappa shape index (κ2) is 7.15. The molecule has 0 heterocycles. The van der Waals surface area contributed by atoms with Crippen LogP contribution in [0.5, 0.6) is 0 Å². The summed E-state index contributed by atoms with van der Waals surface area (Å²) in [6, 6.07) is 4.80. The van der Waals surface area contributed by atoms with Crippen molar-refractivity contribution in [3.8, 4) is 0 Å². The van der Waals surface area contributed by atoms with E-state index in [1.165, 1.54) is 0 Å². The van der Waals surface area contributed by atoms with Crippen molar-refractivity contribution in [2.24, 2.45) is 5.73 Å². The molecule has 0 fully saturated rings. The van der Waals surface area contributed by atoms with E-state index in [1.807, 2.05) is 6.07 Å². The summed E-state index contributed by atoms with van der Waals surface area (Å²) < 4.78 is 5.87. The first kappa shape index (κ1) is 14.7. The molecule has 4 nitrogen and oxygen atoms in total. The van der Waals surface area contributed by atoms with E-state index in [9.17, 15) is 4.79 Å². The average molecular weight is 369 g/mol. The second-order valence-electron chi connectivity index (χ2n) is 3.50. The highest BCUT2D eigenvalue weighted by Gasteiger charge is 2.14. The zero-order chi connectivity index (χ0) is 12.8. The normalized spacial score (nSPS) is 12.2. The Balaban J connectivity index is 2.61. The van der Waals surface area contributed by atoms with Gasteiger partial charge in [0.05, 0.1) is 16.8 Å². The van der Waals surface area contributed by atoms with Gasteiger partial charge >= 0.3 is 0 Å². The fourth-order valence-electron chi connectivity index (χ4n) is 1.19. The van der Waals surface area contributed by atoms with Crippen molar-refractivity contribution in [3.05, 3.63) is 26.8 Å². The molecule has 1 aromatic carbocycles. The smallest absolute Gasteiger partial charge is 0.241 e. The Morgan fingerprint density at radius 2 is 2.35 bits per heavy atom. The van der Waals surface area contributed by atoms with Crippen LogP contribution in [0.3, 0.4) is 0 Å². The van der Waals surface area contributed by atoms with Gasteiger partial charge in [0.25, 0.3) is 0 Å². The van der Waals surface area contributed by atoms with E-state index in [1.54, 1.807) is 19.2 Å². The van der Waals surface area contributed by atoms with Crippen LogP contribution in [-0.2, 0) is 9.53 Å². The van der Waals surface area contributed by atoms with Gasteiger partial charge in [0.2, 0.25) is 5.91 Å². The number of amides is 1. The zero-order valence-corrected chi connectivity index (χ0v) is 12.3. The topological polar surface area (TPSA) is 64.3 Å². The molecule has 0 bridgehead atoms. The number of rotatable bonds is 5. The molecule has 0 saturated carbocycles. The molecular formula is C11H14ClIN2O2. The van der Waals surface area contributed by atoms with Gasteiger partial charge in [-0.3, -0.25) is 4.79 Å². The number of nitrogens with two attached hydrogens (primary N) is 1. The van der Waals surface area contributed by atoms with Gasteiger partial charge in [-0.2, -0.15) is 0 Å². The lowest BCUT2D eigenvalue weighted by Crippen LogP contribution is -2.36. The van der Waals surface area contributed by atoms with Crippen LogP contribution in [0, 0.1) is 3.57 Å². The van der Waals surface area contributed by atoms with Crippen LogP contribution in [0.2, 0.25) is 5.02 Å². The van der Waals surface area contributed by atoms with Crippen LogP contribution in [0.4, 0.5) is 5.69 Å². The van der Waals surface area contributed by atoms with E-state index in [2.05, 4.69) is 27.9 Å². The van der Waals surface area contributed by atoms with Crippen molar-refractivity contribution in [2.45, 2.75) is 12.5 Å². The quantitative estimate of drug-likeness (QED) is 0.784. The summed E-state index contributed by atoms with van der Waals surface area (Å²) in [6.45, 7) is 0.453. The third-order valence-corrected chi connectivity index (χ3v) is 3.14. The van der Waals surface area contributed by atoms with Crippen LogP contribution >= 0.6 is 34.2 Å². The highest BCUT2D eigenvalue weighted by molar-refractivity contribution is 14.1. The summed E-state index contributed by atoms with van der Waals surface area (Å²) in [4.78, 5) is 11.7. The molecule has 3 N–H and O–H groups in total. The summed E-state index contributed by atoms with van der Waals surface area (Å²) in [7, 11) is 1.57. The Bertz CT molecular complexity index is 401. The van der Waals surface area contributed by atoms with Crippen molar-refractivity contribution >= 4 is 45.8 Å². The van der Waals surface area contributed by atoms with E-state index in [0.717, 1.165) is 3.57 Å².